The highest BCUT2D eigenvalue weighted by atomic mass is 32.2. The van der Waals surface area contributed by atoms with Gasteiger partial charge in [0, 0.05) is 11.1 Å². The van der Waals surface area contributed by atoms with Crippen LogP contribution in [0.25, 0.3) is 0 Å². The molecule has 2 rings (SSSR count). The lowest BCUT2D eigenvalue weighted by Crippen LogP contribution is -2.26. The highest BCUT2D eigenvalue weighted by molar-refractivity contribution is 7.91. The van der Waals surface area contributed by atoms with Gasteiger partial charge in [0.25, 0.3) is 5.91 Å². The third kappa shape index (κ3) is 3.52. The number of carbonyl (C=O) groups is 1. The Kier molecular flexibility index (Phi) is 4.47. The predicted molar refractivity (Wildman–Crippen MR) is 78.8 cm³/mol. The molecule has 1 N–H and O–H groups in total. The van der Waals surface area contributed by atoms with Crippen LogP contribution < -0.4 is 5.32 Å². The van der Waals surface area contributed by atoms with E-state index < -0.39 is 9.84 Å². The lowest BCUT2D eigenvalue weighted by Gasteiger charge is -2.12. The van der Waals surface area contributed by atoms with E-state index in [2.05, 4.69) is 5.32 Å². The maximum atomic E-state index is 12.2. The maximum absolute atomic E-state index is 12.2. The van der Waals surface area contributed by atoms with E-state index in [4.69, 9.17) is 4.42 Å². The average molecular weight is 307 g/mol. The fraction of sp³-hybridized carbons (Fsp3) is 0.267. The molecular formula is C15H17NO4S. The van der Waals surface area contributed by atoms with Crippen molar-refractivity contribution in [1.82, 2.24) is 5.32 Å². The lowest BCUT2D eigenvalue weighted by atomic mass is 10.1. The zero-order valence-electron chi connectivity index (χ0n) is 11.9. The van der Waals surface area contributed by atoms with Crippen LogP contribution in [-0.2, 0) is 9.84 Å². The largest absolute Gasteiger partial charge is 0.472 e. The number of hydrogen-bond donors (Lipinski definition) is 1. The minimum Gasteiger partial charge on any atom is -0.472 e. The number of sulfone groups is 1. The van der Waals surface area contributed by atoms with Crippen LogP contribution in [-0.4, -0.2) is 20.1 Å². The standard InChI is InChI=1S/C15H17NO4S/c1-3-21(18,19)14-6-4-5-12(9-14)15(17)16-11(2)13-7-8-20-10-13/h4-11H,3H2,1-2H3,(H,16,17)/t11-/m0/s1. The highest BCUT2D eigenvalue weighted by Crippen LogP contribution is 2.16. The molecule has 0 saturated heterocycles. The van der Waals surface area contributed by atoms with Crippen molar-refractivity contribution in [3.8, 4) is 0 Å². The van der Waals surface area contributed by atoms with Gasteiger partial charge in [-0.1, -0.05) is 13.0 Å². The van der Waals surface area contributed by atoms with Crippen LogP contribution in [0.3, 0.4) is 0 Å². The van der Waals surface area contributed by atoms with Gasteiger partial charge in [0.05, 0.1) is 29.2 Å². The first-order valence-corrected chi connectivity index (χ1v) is 8.25. The molecule has 2 aromatic rings. The van der Waals surface area contributed by atoms with E-state index in [0.717, 1.165) is 5.56 Å². The summed E-state index contributed by atoms with van der Waals surface area (Å²) in [6.07, 6.45) is 3.09. The number of nitrogens with one attached hydrogen (secondary N) is 1. The fourth-order valence-electron chi connectivity index (χ4n) is 1.88. The van der Waals surface area contributed by atoms with E-state index >= 15 is 0 Å². The Hall–Kier alpha value is -2.08. The van der Waals surface area contributed by atoms with Crippen molar-refractivity contribution < 1.29 is 17.6 Å². The Morgan fingerprint density at radius 3 is 2.71 bits per heavy atom. The molecule has 1 heterocycles. The molecule has 1 amide bonds. The van der Waals surface area contributed by atoms with Gasteiger partial charge in [-0.05, 0) is 31.2 Å². The van der Waals surface area contributed by atoms with Crippen LogP contribution in [0.2, 0.25) is 0 Å². The maximum Gasteiger partial charge on any atom is 0.251 e. The zero-order valence-corrected chi connectivity index (χ0v) is 12.7. The molecule has 0 spiro atoms. The summed E-state index contributed by atoms with van der Waals surface area (Å²) >= 11 is 0. The van der Waals surface area contributed by atoms with E-state index in [9.17, 15) is 13.2 Å². The summed E-state index contributed by atoms with van der Waals surface area (Å²) in [5.74, 6) is -0.319. The molecule has 112 valence electrons. The number of rotatable bonds is 5. The minimum atomic E-state index is -3.32. The topological polar surface area (TPSA) is 76.4 Å². The van der Waals surface area contributed by atoms with Crippen LogP contribution >= 0.6 is 0 Å². The third-order valence-corrected chi connectivity index (χ3v) is 4.96. The van der Waals surface area contributed by atoms with E-state index in [0.29, 0.717) is 5.56 Å². The molecule has 0 aliphatic carbocycles. The number of benzene rings is 1. The van der Waals surface area contributed by atoms with Gasteiger partial charge in [0.15, 0.2) is 9.84 Å². The SMILES string of the molecule is CCS(=O)(=O)c1cccc(C(=O)N[C@@H](C)c2ccoc2)c1. The molecule has 0 aliphatic heterocycles. The molecule has 1 atom stereocenters. The monoisotopic (exact) mass is 307 g/mol. The quantitative estimate of drug-likeness (QED) is 0.921. The van der Waals surface area contributed by atoms with Crippen molar-refractivity contribution in [2.75, 3.05) is 5.75 Å². The summed E-state index contributed by atoms with van der Waals surface area (Å²) in [6, 6.07) is 7.60. The fourth-order valence-corrected chi connectivity index (χ4v) is 2.81. The summed E-state index contributed by atoms with van der Waals surface area (Å²) in [5, 5.41) is 2.80. The van der Waals surface area contributed by atoms with E-state index in [1.165, 1.54) is 18.4 Å². The second-order valence-electron chi connectivity index (χ2n) is 4.68. The molecule has 1 aromatic carbocycles. The normalized spacial score (nSPS) is 12.9. The summed E-state index contributed by atoms with van der Waals surface area (Å²) in [6.45, 7) is 3.40. The summed E-state index contributed by atoms with van der Waals surface area (Å²) in [7, 11) is -3.32. The van der Waals surface area contributed by atoms with E-state index in [1.807, 2.05) is 6.92 Å². The Morgan fingerprint density at radius 2 is 2.10 bits per heavy atom. The molecule has 0 radical (unpaired) electrons. The number of hydrogen-bond acceptors (Lipinski definition) is 4. The van der Waals surface area contributed by atoms with Crippen molar-refractivity contribution in [2.45, 2.75) is 24.8 Å². The Morgan fingerprint density at radius 1 is 1.33 bits per heavy atom. The molecule has 0 bridgehead atoms. The molecule has 0 aliphatic rings. The van der Waals surface area contributed by atoms with Gasteiger partial charge < -0.3 is 9.73 Å². The third-order valence-electron chi connectivity index (χ3n) is 3.23. The van der Waals surface area contributed by atoms with Gasteiger partial charge in [-0.3, -0.25) is 4.79 Å². The first-order valence-electron chi connectivity index (χ1n) is 6.60. The highest BCUT2D eigenvalue weighted by Gasteiger charge is 2.16. The van der Waals surface area contributed by atoms with E-state index in [1.54, 1.807) is 31.4 Å². The molecule has 0 unspecified atom stereocenters. The van der Waals surface area contributed by atoms with Gasteiger partial charge in [-0.2, -0.15) is 0 Å². The van der Waals surface area contributed by atoms with Gasteiger partial charge in [-0.15, -0.1) is 0 Å². The van der Waals surface area contributed by atoms with Crippen LogP contribution in [0.5, 0.6) is 0 Å². The van der Waals surface area contributed by atoms with Crippen molar-refractivity contribution in [3.05, 3.63) is 54.0 Å². The number of furan rings is 1. The Labute approximate surface area is 123 Å². The van der Waals surface area contributed by atoms with Gasteiger partial charge in [-0.25, -0.2) is 8.42 Å². The lowest BCUT2D eigenvalue weighted by molar-refractivity contribution is 0.0939. The van der Waals surface area contributed by atoms with Crippen LogP contribution in [0, 0.1) is 0 Å². The Balaban J connectivity index is 2.19. The minimum absolute atomic E-state index is 0.00347. The summed E-state index contributed by atoms with van der Waals surface area (Å²) < 4.78 is 28.7. The predicted octanol–water partition coefficient (Wildman–Crippen LogP) is 2.56. The Bertz CT molecular complexity index is 720. The van der Waals surface area contributed by atoms with Gasteiger partial charge in [0.1, 0.15) is 0 Å². The number of amides is 1. The molecule has 21 heavy (non-hydrogen) atoms. The molecule has 0 fully saturated rings. The van der Waals surface area contributed by atoms with Crippen LogP contribution in [0.15, 0.2) is 52.2 Å². The first-order chi connectivity index (χ1) is 9.94. The van der Waals surface area contributed by atoms with Crippen molar-refractivity contribution in [1.29, 1.82) is 0 Å². The molecule has 6 heteroatoms. The van der Waals surface area contributed by atoms with Gasteiger partial charge in [0.2, 0.25) is 0 Å². The first kappa shape index (κ1) is 15.3. The zero-order chi connectivity index (χ0) is 15.5. The van der Waals surface area contributed by atoms with Crippen molar-refractivity contribution >= 4 is 15.7 Å². The number of carbonyl (C=O) groups excluding carboxylic acids is 1. The average Bonchev–Trinajstić information content (AvgIpc) is 3.01. The van der Waals surface area contributed by atoms with Crippen LogP contribution in [0.1, 0.15) is 35.8 Å². The molecule has 5 nitrogen and oxygen atoms in total. The summed E-state index contributed by atoms with van der Waals surface area (Å²) in [5.41, 5.74) is 1.17. The second-order valence-corrected chi connectivity index (χ2v) is 6.96. The second kappa shape index (κ2) is 6.13. The van der Waals surface area contributed by atoms with Crippen molar-refractivity contribution in [2.24, 2.45) is 0 Å². The van der Waals surface area contributed by atoms with Crippen LogP contribution in [0.4, 0.5) is 0 Å². The smallest absolute Gasteiger partial charge is 0.251 e. The van der Waals surface area contributed by atoms with E-state index in [-0.39, 0.29) is 22.6 Å². The van der Waals surface area contributed by atoms with Crippen molar-refractivity contribution in [3.63, 3.8) is 0 Å². The molecule has 0 saturated carbocycles. The molecular weight excluding hydrogens is 290 g/mol. The molecule has 1 aromatic heterocycles. The summed E-state index contributed by atoms with van der Waals surface area (Å²) in [4.78, 5) is 12.3. The van der Waals surface area contributed by atoms with Gasteiger partial charge >= 0.3 is 0 Å².